The molecular weight excluding hydrogens is 364 g/mol. The Hall–Kier alpha value is -3.15. The molecule has 3 rings (SSSR count). The average Bonchev–Trinajstić information content (AvgIpc) is 3.30. The van der Waals surface area contributed by atoms with E-state index in [0.29, 0.717) is 12.3 Å². The fraction of sp³-hybridized carbons (Fsp3) is 0.348. The van der Waals surface area contributed by atoms with E-state index >= 15 is 0 Å². The number of aliphatic imine (C=N–C) groups is 1. The highest BCUT2D eigenvalue weighted by Crippen LogP contribution is 2.27. The van der Waals surface area contributed by atoms with Crippen molar-refractivity contribution in [2.75, 3.05) is 38.8 Å². The van der Waals surface area contributed by atoms with Gasteiger partial charge in [0, 0.05) is 31.9 Å². The molecule has 0 spiro atoms. The molecule has 0 radical (unpaired) electrons. The summed E-state index contributed by atoms with van der Waals surface area (Å²) in [7, 11) is 3.28. The van der Waals surface area contributed by atoms with Crippen molar-refractivity contribution in [1.29, 1.82) is 0 Å². The molecule has 1 aliphatic heterocycles. The van der Waals surface area contributed by atoms with Gasteiger partial charge in [0.2, 0.25) is 0 Å². The molecular formula is C23H30N4O2. The summed E-state index contributed by atoms with van der Waals surface area (Å²) in [5.74, 6) is 2.22. The molecule has 2 N–H and O–H groups in total. The quantitative estimate of drug-likeness (QED) is 0.409. The van der Waals surface area contributed by atoms with Crippen LogP contribution < -0.4 is 25.0 Å². The fourth-order valence-corrected chi connectivity index (χ4v) is 3.19. The van der Waals surface area contributed by atoms with Gasteiger partial charge in [-0.15, -0.1) is 0 Å². The van der Waals surface area contributed by atoms with E-state index in [4.69, 9.17) is 14.5 Å². The molecule has 0 atom stereocenters. The predicted molar refractivity (Wildman–Crippen MR) is 119 cm³/mol. The van der Waals surface area contributed by atoms with Gasteiger partial charge in [-0.05, 0) is 42.3 Å². The zero-order chi connectivity index (χ0) is 20.5. The Balaban J connectivity index is 1.59. The summed E-state index contributed by atoms with van der Waals surface area (Å²) in [5, 5.41) is 6.70. The highest BCUT2D eigenvalue weighted by molar-refractivity contribution is 5.79. The van der Waals surface area contributed by atoms with Gasteiger partial charge in [-0.3, -0.25) is 0 Å². The van der Waals surface area contributed by atoms with Crippen molar-refractivity contribution in [3.05, 3.63) is 65.7 Å². The fourth-order valence-electron chi connectivity index (χ4n) is 3.19. The molecule has 0 saturated heterocycles. The minimum atomic E-state index is 0.552. The maximum atomic E-state index is 5.37. The number of ether oxygens (including phenoxy) is 2. The van der Waals surface area contributed by atoms with Gasteiger partial charge >= 0.3 is 0 Å². The molecule has 6 heteroatoms. The van der Waals surface area contributed by atoms with E-state index in [-0.39, 0.29) is 0 Å². The number of hydrogen-bond donors (Lipinski definition) is 2. The van der Waals surface area contributed by atoms with E-state index in [0.717, 1.165) is 43.5 Å². The van der Waals surface area contributed by atoms with Gasteiger partial charge in [-0.2, -0.15) is 0 Å². The van der Waals surface area contributed by atoms with Crippen molar-refractivity contribution in [3.63, 3.8) is 0 Å². The lowest BCUT2D eigenvalue weighted by Crippen LogP contribution is -2.36. The Morgan fingerprint density at radius 3 is 2.28 bits per heavy atom. The summed E-state index contributed by atoms with van der Waals surface area (Å²) in [6, 6.07) is 14.5. The Morgan fingerprint density at radius 2 is 1.62 bits per heavy atom. The number of hydrogen-bond acceptors (Lipinski definition) is 4. The minimum absolute atomic E-state index is 0.552. The first-order chi connectivity index (χ1) is 14.2. The topological polar surface area (TPSA) is 58.1 Å². The molecule has 0 aromatic heterocycles. The van der Waals surface area contributed by atoms with Gasteiger partial charge in [0.25, 0.3) is 0 Å². The molecule has 0 fully saturated rings. The Bertz CT molecular complexity index is 838. The SMILES string of the molecule is CCNC(=NCc1ccc(OC)c(OC)c1)NCc1ccc(N2CC=CC2)cc1. The second-order valence-electron chi connectivity index (χ2n) is 6.78. The van der Waals surface area contributed by atoms with Crippen LogP contribution in [0.4, 0.5) is 5.69 Å². The van der Waals surface area contributed by atoms with Crippen molar-refractivity contribution in [1.82, 2.24) is 10.6 Å². The van der Waals surface area contributed by atoms with Crippen LogP contribution in [0.3, 0.4) is 0 Å². The van der Waals surface area contributed by atoms with Crippen LogP contribution in [0.5, 0.6) is 11.5 Å². The van der Waals surface area contributed by atoms with E-state index < -0.39 is 0 Å². The molecule has 0 unspecified atom stereocenters. The van der Waals surface area contributed by atoms with Crippen molar-refractivity contribution < 1.29 is 9.47 Å². The van der Waals surface area contributed by atoms with Crippen LogP contribution in [0.1, 0.15) is 18.1 Å². The molecule has 2 aromatic rings. The first kappa shape index (κ1) is 20.6. The van der Waals surface area contributed by atoms with E-state index in [9.17, 15) is 0 Å². The lowest BCUT2D eigenvalue weighted by molar-refractivity contribution is 0.354. The Kier molecular flexibility index (Phi) is 7.39. The summed E-state index contributed by atoms with van der Waals surface area (Å²) in [4.78, 5) is 7.03. The van der Waals surface area contributed by atoms with Gasteiger partial charge < -0.3 is 25.0 Å². The van der Waals surface area contributed by atoms with Crippen LogP contribution in [-0.2, 0) is 13.1 Å². The molecule has 0 saturated carbocycles. The van der Waals surface area contributed by atoms with Crippen molar-refractivity contribution in [2.45, 2.75) is 20.0 Å². The first-order valence-electron chi connectivity index (χ1n) is 9.95. The lowest BCUT2D eigenvalue weighted by Gasteiger charge is -2.18. The van der Waals surface area contributed by atoms with E-state index in [1.807, 2.05) is 18.2 Å². The molecule has 6 nitrogen and oxygen atoms in total. The summed E-state index contributed by atoms with van der Waals surface area (Å²) >= 11 is 0. The van der Waals surface area contributed by atoms with Crippen molar-refractivity contribution in [3.8, 4) is 11.5 Å². The second-order valence-corrected chi connectivity index (χ2v) is 6.78. The van der Waals surface area contributed by atoms with Crippen molar-refractivity contribution in [2.24, 2.45) is 4.99 Å². The summed E-state index contributed by atoms with van der Waals surface area (Å²) in [5.41, 5.74) is 3.54. The maximum absolute atomic E-state index is 5.37. The molecule has 0 aliphatic carbocycles. The minimum Gasteiger partial charge on any atom is -0.493 e. The van der Waals surface area contributed by atoms with Crippen LogP contribution in [-0.4, -0.2) is 39.8 Å². The van der Waals surface area contributed by atoms with E-state index in [2.05, 4.69) is 58.9 Å². The number of nitrogens with zero attached hydrogens (tertiary/aromatic N) is 2. The summed E-state index contributed by atoms with van der Waals surface area (Å²) in [6.07, 6.45) is 4.40. The van der Waals surface area contributed by atoms with Gasteiger partial charge in [0.15, 0.2) is 17.5 Å². The molecule has 1 heterocycles. The second kappa shape index (κ2) is 10.4. The number of methoxy groups -OCH3 is 2. The van der Waals surface area contributed by atoms with E-state index in [1.54, 1.807) is 14.2 Å². The van der Waals surface area contributed by atoms with Gasteiger partial charge in [-0.1, -0.05) is 30.4 Å². The van der Waals surface area contributed by atoms with Crippen LogP contribution in [0.25, 0.3) is 0 Å². The summed E-state index contributed by atoms with van der Waals surface area (Å²) in [6.45, 7) is 6.12. The highest BCUT2D eigenvalue weighted by atomic mass is 16.5. The first-order valence-corrected chi connectivity index (χ1v) is 9.95. The van der Waals surface area contributed by atoms with E-state index in [1.165, 1.54) is 11.3 Å². The van der Waals surface area contributed by atoms with Crippen LogP contribution in [0, 0.1) is 0 Å². The number of nitrogens with one attached hydrogen (secondary N) is 2. The summed E-state index contributed by atoms with van der Waals surface area (Å²) < 4.78 is 10.7. The van der Waals surface area contributed by atoms with Gasteiger partial charge in [0.05, 0.1) is 20.8 Å². The lowest BCUT2D eigenvalue weighted by atomic mass is 10.2. The number of benzene rings is 2. The molecule has 2 aromatic carbocycles. The Labute approximate surface area is 173 Å². The maximum Gasteiger partial charge on any atom is 0.191 e. The zero-order valence-electron chi connectivity index (χ0n) is 17.4. The number of guanidine groups is 1. The monoisotopic (exact) mass is 394 g/mol. The van der Waals surface area contributed by atoms with Crippen LogP contribution >= 0.6 is 0 Å². The predicted octanol–water partition coefficient (Wildman–Crippen LogP) is 3.34. The normalized spacial score (nSPS) is 13.5. The third kappa shape index (κ3) is 5.67. The molecule has 1 aliphatic rings. The largest absolute Gasteiger partial charge is 0.493 e. The smallest absolute Gasteiger partial charge is 0.191 e. The number of anilines is 1. The highest BCUT2D eigenvalue weighted by Gasteiger charge is 2.08. The third-order valence-electron chi connectivity index (χ3n) is 4.79. The molecule has 0 amide bonds. The van der Waals surface area contributed by atoms with Crippen LogP contribution in [0.2, 0.25) is 0 Å². The molecule has 154 valence electrons. The van der Waals surface area contributed by atoms with Crippen LogP contribution in [0.15, 0.2) is 59.6 Å². The average molecular weight is 395 g/mol. The third-order valence-corrected chi connectivity index (χ3v) is 4.79. The van der Waals surface area contributed by atoms with Crippen molar-refractivity contribution >= 4 is 11.6 Å². The molecule has 0 bridgehead atoms. The Morgan fingerprint density at radius 1 is 0.931 bits per heavy atom. The van der Waals surface area contributed by atoms with Gasteiger partial charge in [-0.25, -0.2) is 4.99 Å². The molecule has 29 heavy (non-hydrogen) atoms. The standard InChI is InChI=1S/C23H30N4O2/c1-4-24-23(26-17-19-9-12-21(28-2)22(15-19)29-3)25-16-18-7-10-20(11-8-18)27-13-5-6-14-27/h5-12,15H,4,13-14,16-17H2,1-3H3,(H2,24,25,26). The number of rotatable bonds is 8. The zero-order valence-corrected chi connectivity index (χ0v) is 17.4. The van der Waals surface area contributed by atoms with Gasteiger partial charge in [0.1, 0.15) is 0 Å².